The summed E-state index contributed by atoms with van der Waals surface area (Å²) in [5, 5.41) is 10.2. The lowest BCUT2D eigenvalue weighted by Crippen LogP contribution is -2.44. The second-order valence-corrected chi connectivity index (χ2v) is 4.74. The number of nitrogens with zero attached hydrogens (tertiary/aromatic N) is 4. The van der Waals surface area contributed by atoms with E-state index >= 15 is 0 Å². The summed E-state index contributed by atoms with van der Waals surface area (Å²) in [5.41, 5.74) is 12.9. The van der Waals surface area contributed by atoms with Crippen molar-refractivity contribution in [1.82, 2.24) is 19.5 Å². The molecule has 3 atom stereocenters. The van der Waals surface area contributed by atoms with E-state index in [9.17, 15) is 5.11 Å². The SMILES string of the molecule is Nc1ncnc2c1ncn2[C@H]1CCC[C@H](N)[C@@H]1O. The molecular weight excluding hydrogens is 232 g/mol. The van der Waals surface area contributed by atoms with E-state index in [1.807, 2.05) is 4.57 Å². The Morgan fingerprint density at radius 1 is 1.28 bits per heavy atom. The zero-order chi connectivity index (χ0) is 12.7. The van der Waals surface area contributed by atoms with Crippen molar-refractivity contribution < 1.29 is 5.11 Å². The van der Waals surface area contributed by atoms with Gasteiger partial charge in [0.15, 0.2) is 11.5 Å². The predicted octanol–water partition coefficient (Wildman–Crippen LogP) is -0.178. The Balaban J connectivity index is 2.06. The Morgan fingerprint density at radius 3 is 2.94 bits per heavy atom. The Kier molecular flexibility index (Phi) is 2.64. The lowest BCUT2D eigenvalue weighted by molar-refractivity contribution is 0.0585. The van der Waals surface area contributed by atoms with Crippen LogP contribution in [0.3, 0.4) is 0 Å². The highest BCUT2D eigenvalue weighted by atomic mass is 16.3. The van der Waals surface area contributed by atoms with E-state index in [0.717, 1.165) is 19.3 Å². The number of aliphatic hydroxyl groups excluding tert-OH is 1. The highest BCUT2D eigenvalue weighted by Crippen LogP contribution is 2.30. The summed E-state index contributed by atoms with van der Waals surface area (Å²) in [7, 11) is 0. The fraction of sp³-hybridized carbons (Fsp3) is 0.545. The van der Waals surface area contributed by atoms with Crippen LogP contribution in [0.5, 0.6) is 0 Å². The molecule has 1 saturated carbocycles. The highest BCUT2D eigenvalue weighted by Gasteiger charge is 2.31. The molecule has 1 fully saturated rings. The van der Waals surface area contributed by atoms with Crippen molar-refractivity contribution in [3.8, 4) is 0 Å². The number of anilines is 1. The molecule has 0 aliphatic heterocycles. The van der Waals surface area contributed by atoms with E-state index in [1.54, 1.807) is 6.33 Å². The van der Waals surface area contributed by atoms with Crippen molar-refractivity contribution in [3.05, 3.63) is 12.7 Å². The first-order valence-corrected chi connectivity index (χ1v) is 6.05. The normalized spacial score (nSPS) is 28.7. The number of aliphatic hydroxyl groups is 1. The zero-order valence-corrected chi connectivity index (χ0v) is 9.90. The van der Waals surface area contributed by atoms with Crippen LogP contribution in [0.25, 0.3) is 11.2 Å². The standard InChI is InChI=1S/C11H16N6O/c12-6-2-1-3-7(9(6)18)17-5-16-8-10(13)14-4-15-11(8)17/h4-7,9,18H,1-3,12H2,(H2,13,14,15)/t6-,7-,9-/m0/s1. The number of nitrogens with two attached hydrogens (primary N) is 2. The zero-order valence-electron chi connectivity index (χ0n) is 9.90. The van der Waals surface area contributed by atoms with E-state index in [4.69, 9.17) is 11.5 Å². The van der Waals surface area contributed by atoms with Crippen LogP contribution in [0, 0.1) is 0 Å². The van der Waals surface area contributed by atoms with Gasteiger partial charge in [0.05, 0.1) is 18.5 Å². The van der Waals surface area contributed by atoms with Crippen LogP contribution in [0.4, 0.5) is 5.82 Å². The van der Waals surface area contributed by atoms with E-state index in [0.29, 0.717) is 17.0 Å². The molecule has 1 aliphatic carbocycles. The fourth-order valence-corrected chi connectivity index (χ4v) is 2.61. The van der Waals surface area contributed by atoms with Gasteiger partial charge in [0.25, 0.3) is 0 Å². The summed E-state index contributed by atoms with van der Waals surface area (Å²) in [6, 6.07) is -0.284. The quantitative estimate of drug-likeness (QED) is 0.644. The van der Waals surface area contributed by atoms with Gasteiger partial charge in [0.2, 0.25) is 0 Å². The van der Waals surface area contributed by atoms with Crippen molar-refractivity contribution in [2.75, 3.05) is 5.73 Å². The lowest BCUT2D eigenvalue weighted by Gasteiger charge is -2.33. The maximum absolute atomic E-state index is 10.2. The molecule has 0 bridgehead atoms. The topological polar surface area (TPSA) is 116 Å². The van der Waals surface area contributed by atoms with Gasteiger partial charge >= 0.3 is 0 Å². The van der Waals surface area contributed by atoms with Crippen LogP contribution >= 0.6 is 0 Å². The summed E-state index contributed by atoms with van der Waals surface area (Å²) in [5.74, 6) is 0.355. The van der Waals surface area contributed by atoms with Gasteiger partial charge in [-0.1, -0.05) is 0 Å². The molecule has 1 aliphatic rings. The van der Waals surface area contributed by atoms with Crippen molar-refractivity contribution in [2.45, 2.75) is 37.5 Å². The van der Waals surface area contributed by atoms with Gasteiger partial charge in [0, 0.05) is 6.04 Å². The minimum atomic E-state index is -0.577. The lowest BCUT2D eigenvalue weighted by atomic mass is 9.88. The fourth-order valence-electron chi connectivity index (χ4n) is 2.61. The Morgan fingerprint density at radius 2 is 2.11 bits per heavy atom. The number of rotatable bonds is 1. The molecule has 2 aromatic rings. The Bertz CT molecular complexity index is 568. The van der Waals surface area contributed by atoms with Gasteiger partial charge in [-0.15, -0.1) is 0 Å². The number of nitrogen functional groups attached to an aromatic ring is 1. The van der Waals surface area contributed by atoms with Crippen LogP contribution in [-0.4, -0.2) is 36.8 Å². The molecule has 0 spiro atoms. The minimum Gasteiger partial charge on any atom is -0.389 e. The van der Waals surface area contributed by atoms with Crippen molar-refractivity contribution in [2.24, 2.45) is 5.73 Å². The first kappa shape index (κ1) is 11.4. The number of hydrogen-bond donors (Lipinski definition) is 3. The summed E-state index contributed by atoms with van der Waals surface area (Å²) in [6.07, 6.45) is 5.19. The van der Waals surface area contributed by atoms with Gasteiger partial charge in [-0.25, -0.2) is 15.0 Å². The van der Waals surface area contributed by atoms with Gasteiger partial charge < -0.3 is 21.1 Å². The second-order valence-electron chi connectivity index (χ2n) is 4.74. The molecular formula is C11H16N6O. The van der Waals surface area contributed by atoms with E-state index < -0.39 is 6.10 Å². The number of imidazole rings is 1. The van der Waals surface area contributed by atoms with Crippen LogP contribution in [0.15, 0.2) is 12.7 Å². The van der Waals surface area contributed by atoms with Gasteiger partial charge in [-0.3, -0.25) is 0 Å². The molecule has 18 heavy (non-hydrogen) atoms. The van der Waals surface area contributed by atoms with E-state index in [2.05, 4.69) is 15.0 Å². The van der Waals surface area contributed by atoms with Gasteiger partial charge in [-0.05, 0) is 19.3 Å². The van der Waals surface area contributed by atoms with Crippen LogP contribution in [0.1, 0.15) is 25.3 Å². The molecule has 0 radical (unpaired) electrons. The number of hydrogen-bond acceptors (Lipinski definition) is 6. The molecule has 7 nitrogen and oxygen atoms in total. The average molecular weight is 248 g/mol. The summed E-state index contributed by atoms with van der Waals surface area (Å²) in [6.45, 7) is 0. The number of aromatic nitrogens is 4. The molecule has 0 unspecified atom stereocenters. The van der Waals surface area contributed by atoms with Crippen molar-refractivity contribution in [1.29, 1.82) is 0 Å². The minimum absolute atomic E-state index is 0.0898. The molecule has 2 heterocycles. The summed E-state index contributed by atoms with van der Waals surface area (Å²) >= 11 is 0. The first-order chi connectivity index (χ1) is 8.68. The third kappa shape index (κ3) is 1.63. The Hall–Kier alpha value is -1.73. The van der Waals surface area contributed by atoms with Crippen LogP contribution in [-0.2, 0) is 0 Å². The molecule has 0 saturated heterocycles. The predicted molar refractivity (Wildman–Crippen MR) is 66.6 cm³/mol. The summed E-state index contributed by atoms with van der Waals surface area (Å²) < 4.78 is 1.86. The second kappa shape index (κ2) is 4.18. The molecule has 0 amide bonds. The molecule has 0 aromatic carbocycles. The summed E-state index contributed by atoms with van der Waals surface area (Å²) in [4.78, 5) is 12.3. The van der Waals surface area contributed by atoms with Crippen LogP contribution < -0.4 is 11.5 Å². The third-order valence-corrected chi connectivity index (χ3v) is 3.61. The monoisotopic (exact) mass is 248 g/mol. The maximum Gasteiger partial charge on any atom is 0.165 e. The molecule has 96 valence electrons. The van der Waals surface area contributed by atoms with Gasteiger partial charge in [-0.2, -0.15) is 0 Å². The van der Waals surface area contributed by atoms with Crippen molar-refractivity contribution >= 4 is 17.0 Å². The smallest absolute Gasteiger partial charge is 0.165 e. The Labute approximate surface area is 104 Å². The third-order valence-electron chi connectivity index (χ3n) is 3.61. The van der Waals surface area contributed by atoms with E-state index in [1.165, 1.54) is 6.33 Å². The first-order valence-electron chi connectivity index (χ1n) is 6.05. The molecule has 2 aromatic heterocycles. The largest absolute Gasteiger partial charge is 0.389 e. The molecule has 5 N–H and O–H groups in total. The van der Waals surface area contributed by atoms with Crippen molar-refractivity contribution in [3.63, 3.8) is 0 Å². The van der Waals surface area contributed by atoms with E-state index in [-0.39, 0.29) is 12.1 Å². The van der Waals surface area contributed by atoms with Gasteiger partial charge in [0.1, 0.15) is 11.8 Å². The molecule has 3 rings (SSSR count). The average Bonchev–Trinajstić information content (AvgIpc) is 2.78. The maximum atomic E-state index is 10.2. The number of fused-ring (bicyclic) bond motifs is 1. The van der Waals surface area contributed by atoms with Crippen LogP contribution in [0.2, 0.25) is 0 Å². The highest BCUT2D eigenvalue weighted by molar-refractivity contribution is 5.81. The molecule has 7 heteroatoms.